The van der Waals surface area contributed by atoms with Crippen LogP contribution < -0.4 is 0 Å². The Kier molecular flexibility index (Phi) is 6.21. The van der Waals surface area contributed by atoms with Gasteiger partial charge in [-0.2, -0.15) is 0 Å². The van der Waals surface area contributed by atoms with Gasteiger partial charge in [-0.1, -0.05) is 23.8 Å². The maximum absolute atomic E-state index is 13.7. The van der Waals surface area contributed by atoms with E-state index in [1.54, 1.807) is 26.8 Å². The van der Waals surface area contributed by atoms with Gasteiger partial charge in [0, 0.05) is 23.6 Å². The molecule has 0 spiro atoms. The Morgan fingerprint density at radius 2 is 1.91 bits per heavy atom. The van der Waals surface area contributed by atoms with Crippen molar-refractivity contribution >= 4 is 11.6 Å². The second-order valence-electron chi connectivity index (χ2n) is 9.26. The SMILES string of the molecule is C=C(C)C(O)CC/C(C)=C/C[C@]12OC(C)(C)[C@H](O)C=C1C(=O)c1c(O)cc(O)cc1C2=O. The molecule has 0 saturated carbocycles. The number of aliphatic hydroxyl groups is 2. The molecule has 1 unspecified atom stereocenters. The number of ether oxygens (including phenoxy) is 1. The first-order valence-corrected chi connectivity index (χ1v) is 10.5. The molecule has 1 aliphatic carbocycles. The van der Waals surface area contributed by atoms with E-state index in [4.69, 9.17) is 4.74 Å². The molecule has 0 aromatic heterocycles. The van der Waals surface area contributed by atoms with Gasteiger partial charge in [0.15, 0.2) is 11.4 Å². The maximum Gasteiger partial charge on any atom is 0.200 e. The zero-order chi connectivity index (χ0) is 24.0. The second-order valence-corrected chi connectivity index (χ2v) is 9.26. The number of rotatable bonds is 6. The molecule has 32 heavy (non-hydrogen) atoms. The number of Topliss-reactive ketones (excluding diaryl/α,β-unsaturated/α-hetero) is 2. The summed E-state index contributed by atoms with van der Waals surface area (Å²) in [5.41, 5.74) is -1.69. The predicted octanol–water partition coefficient (Wildman–Crippen LogP) is 3.37. The van der Waals surface area contributed by atoms with Crippen LogP contribution in [0.1, 0.15) is 67.7 Å². The highest BCUT2D eigenvalue weighted by molar-refractivity contribution is 6.28. The van der Waals surface area contributed by atoms with Crippen molar-refractivity contribution in [2.75, 3.05) is 0 Å². The summed E-state index contributed by atoms with van der Waals surface area (Å²) in [4.78, 5) is 27.0. The van der Waals surface area contributed by atoms with Gasteiger partial charge in [-0.05, 0) is 52.7 Å². The van der Waals surface area contributed by atoms with Crippen LogP contribution in [-0.2, 0) is 4.74 Å². The number of carbonyl (C=O) groups excluding carboxylic acids is 2. The number of fused-ring (bicyclic) bond motifs is 2. The van der Waals surface area contributed by atoms with Crippen molar-refractivity contribution in [2.24, 2.45) is 0 Å². The first-order chi connectivity index (χ1) is 14.8. The number of hydrogen-bond acceptors (Lipinski definition) is 7. The average molecular weight is 443 g/mol. The van der Waals surface area contributed by atoms with Gasteiger partial charge in [0.25, 0.3) is 0 Å². The fourth-order valence-corrected chi connectivity index (χ4v) is 4.14. The minimum absolute atomic E-state index is 0.0183. The third-order valence-electron chi connectivity index (χ3n) is 6.21. The maximum atomic E-state index is 13.7. The number of benzene rings is 1. The van der Waals surface area contributed by atoms with E-state index in [1.165, 1.54) is 6.08 Å². The zero-order valence-corrected chi connectivity index (χ0v) is 18.8. The van der Waals surface area contributed by atoms with Gasteiger partial charge in [0.05, 0.1) is 17.3 Å². The van der Waals surface area contributed by atoms with Crippen molar-refractivity contribution in [3.8, 4) is 11.5 Å². The molecule has 1 aromatic rings. The molecule has 2 aliphatic rings. The van der Waals surface area contributed by atoms with Crippen molar-refractivity contribution in [3.05, 3.63) is 58.7 Å². The van der Waals surface area contributed by atoms with Crippen molar-refractivity contribution in [2.45, 2.75) is 70.4 Å². The summed E-state index contributed by atoms with van der Waals surface area (Å²) in [7, 11) is 0. The summed E-state index contributed by atoms with van der Waals surface area (Å²) in [6.45, 7) is 10.6. The Bertz CT molecular complexity index is 1050. The van der Waals surface area contributed by atoms with Gasteiger partial charge in [-0.25, -0.2) is 0 Å². The number of aromatic hydroxyl groups is 2. The van der Waals surface area contributed by atoms with Crippen LogP contribution in [0.3, 0.4) is 0 Å². The average Bonchev–Trinajstić information content (AvgIpc) is 2.69. The smallest absolute Gasteiger partial charge is 0.200 e. The molecule has 3 atom stereocenters. The number of ketones is 2. The van der Waals surface area contributed by atoms with Crippen LogP contribution in [-0.4, -0.2) is 55.4 Å². The van der Waals surface area contributed by atoms with Crippen LogP contribution in [0.2, 0.25) is 0 Å². The molecule has 0 radical (unpaired) electrons. The molecular weight excluding hydrogens is 412 g/mol. The van der Waals surface area contributed by atoms with Gasteiger partial charge in [-0.3, -0.25) is 9.59 Å². The van der Waals surface area contributed by atoms with Gasteiger partial charge >= 0.3 is 0 Å². The van der Waals surface area contributed by atoms with Crippen molar-refractivity contribution in [3.63, 3.8) is 0 Å². The topological polar surface area (TPSA) is 124 Å². The molecule has 7 nitrogen and oxygen atoms in total. The Balaban J connectivity index is 2.08. The first-order valence-electron chi connectivity index (χ1n) is 10.5. The lowest BCUT2D eigenvalue weighted by molar-refractivity contribution is -0.150. The van der Waals surface area contributed by atoms with E-state index in [-0.39, 0.29) is 28.9 Å². The lowest BCUT2D eigenvalue weighted by atomic mass is 9.69. The number of allylic oxidation sites excluding steroid dienone is 1. The number of phenols is 2. The number of hydrogen-bond donors (Lipinski definition) is 4. The number of phenolic OH excluding ortho intramolecular Hbond substituents is 2. The lowest BCUT2D eigenvalue weighted by Gasteiger charge is -2.47. The molecule has 1 aromatic carbocycles. The fraction of sp³-hybridized carbons (Fsp3) is 0.440. The molecule has 0 amide bonds. The molecule has 1 heterocycles. The highest BCUT2D eigenvalue weighted by Gasteiger charge is 2.57. The van der Waals surface area contributed by atoms with E-state index >= 15 is 0 Å². The van der Waals surface area contributed by atoms with Crippen molar-refractivity contribution in [1.29, 1.82) is 0 Å². The Morgan fingerprint density at radius 3 is 2.53 bits per heavy atom. The zero-order valence-electron chi connectivity index (χ0n) is 18.8. The molecule has 1 aliphatic heterocycles. The second kappa shape index (κ2) is 8.31. The highest BCUT2D eigenvalue weighted by Crippen LogP contribution is 2.48. The summed E-state index contributed by atoms with van der Waals surface area (Å²) in [6, 6.07) is 2.15. The van der Waals surface area contributed by atoms with E-state index in [1.807, 2.05) is 6.92 Å². The lowest BCUT2D eigenvalue weighted by Crippen LogP contribution is -2.59. The van der Waals surface area contributed by atoms with Crippen LogP contribution >= 0.6 is 0 Å². The van der Waals surface area contributed by atoms with E-state index < -0.39 is 40.7 Å². The third kappa shape index (κ3) is 4.03. The summed E-state index contributed by atoms with van der Waals surface area (Å²) < 4.78 is 6.15. The summed E-state index contributed by atoms with van der Waals surface area (Å²) >= 11 is 0. The minimum Gasteiger partial charge on any atom is -0.508 e. The monoisotopic (exact) mass is 442 g/mol. The quantitative estimate of drug-likeness (QED) is 0.498. The fourth-order valence-electron chi connectivity index (χ4n) is 4.14. The summed E-state index contributed by atoms with van der Waals surface area (Å²) in [5, 5.41) is 40.7. The van der Waals surface area contributed by atoms with Crippen LogP contribution in [0.5, 0.6) is 11.5 Å². The Morgan fingerprint density at radius 1 is 1.25 bits per heavy atom. The number of carbonyl (C=O) groups is 2. The first kappa shape index (κ1) is 23.9. The normalized spacial score (nSPS) is 25.6. The van der Waals surface area contributed by atoms with Gasteiger partial charge in [0.2, 0.25) is 5.78 Å². The number of aliphatic hydroxyl groups excluding tert-OH is 2. The molecule has 172 valence electrons. The predicted molar refractivity (Wildman–Crippen MR) is 119 cm³/mol. The molecule has 0 fully saturated rings. The molecule has 3 rings (SSSR count). The van der Waals surface area contributed by atoms with Gasteiger partial charge in [-0.15, -0.1) is 0 Å². The highest BCUT2D eigenvalue weighted by atomic mass is 16.5. The van der Waals surface area contributed by atoms with E-state index in [2.05, 4.69) is 6.58 Å². The van der Waals surface area contributed by atoms with E-state index in [0.29, 0.717) is 18.4 Å². The molecule has 7 heteroatoms. The van der Waals surface area contributed by atoms with Crippen LogP contribution in [0.4, 0.5) is 0 Å². The Hall–Kier alpha value is -2.74. The summed E-state index contributed by atoms with van der Waals surface area (Å²) in [5.74, 6) is -2.06. The molecule has 0 bridgehead atoms. The van der Waals surface area contributed by atoms with Gasteiger partial charge < -0.3 is 25.2 Å². The molecule has 4 N–H and O–H groups in total. The summed E-state index contributed by atoms with van der Waals surface area (Å²) in [6.07, 6.45) is 2.37. The van der Waals surface area contributed by atoms with Crippen LogP contribution in [0.25, 0.3) is 0 Å². The molecule has 0 saturated heterocycles. The van der Waals surface area contributed by atoms with E-state index in [9.17, 15) is 30.0 Å². The van der Waals surface area contributed by atoms with Crippen molar-refractivity contribution < 1.29 is 34.8 Å². The standard InChI is InChI=1S/C25H30O7/c1-13(2)18(27)7-6-14(3)8-9-25-17(12-20(29)24(4,5)32-25)22(30)21-16(23(25)31)10-15(26)11-19(21)28/h8,10-12,18,20,26-29H,1,6-7,9H2,2-5H3/b14-8+/t18?,20-,25+/m1/s1. The van der Waals surface area contributed by atoms with E-state index in [0.717, 1.165) is 17.7 Å². The Labute approximate surface area is 187 Å². The largest absolute Gasteiger partial charge is 0.508 e. The third-order valence-corrected chi connectivity index (χ3v) is 6.21. The van der Waals surface area contributed by atoms with Gasteiger partial charge in [0.1, 0.15) is 17.6 Å². The van der Waals surface area contributed by atoms with Crippen molar-refractivity contribution in [1.82, 2.24) is 0 Å². The van der Waals surface area contributed by atoms with Crippen LogP contribution in [0.15, 0.2) is 47.6 Å². The van der Waals surface area contributed by atoms with Crippen LogP contribution in [0, 0.1) is 0 Å². The minimum atomic E-state index is -1.71. The molecular formula is C25H30O7.